The van der Waals surface area contributed by atoms with Crippen LogP contribution < -0.4 is 5.32 Å². The SMILES string of the molecule is CSCCC(=O)Nc1ccccc1Br. The molecule has 0 radical (unpaired) electrons. The lowest BCUT2D eigenvalue weighted by molar-refractivity contribution is -0.115. The molecule has 14 heavy (non-hydrogen) atoms. The minimum atomic E-state index is 0.0613. The monoisotopic (exact) mass is 273 g/mol. The predicted octanol–water partition coefficient (Wildman–Crippen LogP) is 3.14. The van der Waals surface area contributed by atoms with E-state index in [1.54, 1.807) is 11.8 Å². The molecule has 0 saturated heterocycles. The highest BCUT2D eigenvalue weighted by molar-refractivity contribution is 9.10. The summed E-state index contributed by atoms with van der Waals surface area (Å²) in [7, 11) is 0. The van der Waals surface area contributed by atoms with Crippen LogP contribution in [0, 0.1) is 0 Å². The van der Waals surface area contributed by atoms with Gasteiger partial charge in [0.25, 0.3) is 0 Å². The van der Waals surface area contributed by atoms with Gasteiger partial charge in [0.1, 0.15) is 0 Å². The lowest BCUT2D eigenvalue weighted by atomic mass is 10.3. The minimum Gasteiger partial charge on any atom is -0.325 e. The van der Waals surface area contributed by atoms with Crippen LogP contribution in [0.25, 0.3) is 0 Å². The van der Waals surface area contributed by atoms with E-state index < -0.39 is 0 Å². The Morgan fingerprint density at radius 3 is 2.86 bits per heavy atom. The van der Waals surface area contributed by atoms with Gasteiger partial charge >= 0.3 is 0 Å². The number of anilines is 1. The van der Waals surface area contributed by atoms with Crippen LogP contribution >= 0.6 is 27.7 Å². The van der Waals surface area contributed by atoms with Crippen LogP contribution in [-0.2, 0) is 4.79 Å². The molecule has 0 heterocycles. The molecule has 1 aromatic rings. The fourth-order valence-corrected chi connectivity index (χ4v) is 1.74. The van der Waals surface area contributed by atoms with Gasteiger partial charge in [-0.05, 0) is 34.3 Å². The number of carbonyl (C=O) groups excluding carboxylic acids is 1. The zero-order valence-electron chi connectivity index (χ0n) is 7.92. The molecule has 0 atom stereocenters. The molecule has 0 aliphatic rings. The third-order valence-corrected chi connectivity index (χ3v) is 2.99. The van der Waals surface area contributed by atoms with Crippen molar-refractivity contribution in [3.8, 4) is 0 Å². The van der Waals surface area contributed by atoms with E-state index in [1.807, 2.05) is 30.5 Å². The molecule has 0 bridgehead atoms. The molecule has 1 N–H and O–H groups in total. The topological polar surface area (TPSA) is 29.1 Å². The Labute approximate surface area is 96.6 Å². The summed E-state index contributed by atoms with van der Waals surface area (Å²) in [4.78, 5) is 11.4. The largest absolute Gasteiger partial charge is 0.325 e. The average Bonchev–Trinajstić information content (AvgIpc) is 2.18. The van der Waals surface area contributed by atoms with E-state index in [0.717, 1.165) is 15.9 Å². The molecule has 0 aromatic heterocycles. The summed E-state index contributed by atoms with van der Waals surface area (Å²) < 4.78 is 0.914. The average molecular weight is 274 g/mol. The van der Waals surface area contributed by atoms with E-state index in [2.05, 4.69) is 21.2 Å². The molecule has 0 spiro atoms. The van der Waals surface area contributed by atoms with E-state index in [9.17, 15) is 4.79 Å². The Balaban J connectivity index is 2.52. The first-order valence-electron chi connectivity index (χ1n) is 4.27. The first kappa shape index (κ1) is 11.6. The van der Waals surface area contributed by atoms with Crippen LogP contribution in [-0.4, -0.2) is 17.9 Å². The maximum Gasteiger partial charge on any atom is 0.225 e. The summed E-state index contributed by atoms with van der Waals surface area (Å²) >= 11 is 5.05. The highest BCUT2D eigenvalue weighted by Crippen LogP contribution is 2.21. The number of para-hydroxylation sites is 1. The quantitative estimate of drug-likeness (QED) is 0.913. The van der Waals surface area contributed by atoms with Gasteiger partial charge in [-0.25, -0.2) is 0 Å². The molecule has 1 amide bonds. The van der Waals surface area contributed by atoms with Gasteiger partial charge in [-0.1, -0.05) is 12.1 Å². The van der Waals surface area contributed by atoms with Gasteiger partial charge in [0.05, 0.1) is 5.69 Å². The van der Waals surface area contributed by atoms with Crippen LogP contribution in [0.5, 0.6) is 0 Å². The summed E-state index contributed by atoms with van der Waals surface area (Å²) in [5, 5.41) is 2.85. The van der Waals surface area contributed by atoms with Crippen molar-refractivity contribution in [3.05, 3.63) is 28.7 Å². The fraction of sp³-hybridized carbons (Fsp3) is 0.300. The number of carbonyl (C=O) groups is 1. The Hall–Kier alpha value is -0.480. The van der Waals surface area contributed by atoms with Gasteiger partial charge in [0, 0.05) is 16.6 Å². The second-order valence-electron chi connectivity index (χ2n) is 2.77. The van der Waals surface area contributed by atoms with Crippen molar-refractivity contribution in [2.75, 3.05) is 17.3 Å². The normalized spacial score (nSPS) is 9.86. The smallest absolute Gasteiger partial charge is 0.225 e. The summed E-state index contributed by atoms with van der Waals surface area (Å²) in [5.41, 5.74) is 0.832. The first-order chi connectivity index (χ1) is 6.74. The molecular weight excluding hydrogens is 262 g/mol. The van der Waals surface area contributed by atoms with Crippen LogP contribution in [0.15, 0.2) is 28.7 Å². The lowest BCUT2D eigenvalue weighted by Gasteiger charge is -2.05. The van der Waals surface area contributed by atoms with E-state index in [4.69, 9.17) is 0 Å². The van der Waals surface area contributed by atoms with Gasteiger partial charge in [-0.2, -0.15) is 11.8 Å². The number of amides is 1. The van der Waals surface area contributed by atoms with Crippen LogP contribution in [0.3, 0.4) is 0 Å². The Morgan fingerprint density at radius 1 is 1.50 bits per heavy atom. The molecular formula is C10H12BrNOS. The van der Waals surface area contributed by atoms with Crippen molar-refractivity contribution in [1.82, 2.24) is 0 Å². The third-order valence-electron chi connectivity index (χ3n) is 1.68. The second kappa shape index (κ2) is 6.09. The standard InChI is InChI=1S/C10H12BrNOS/c1-14-7-6-10(13)12-9-5-3-2-4-8(9)11/h2-5H,6-7H2,1H3,(H,12,13). The molecule has 0 unspecified atom stereocenters. The van der Waals surface area contributed by atoms with Crippen molar-refractivity contribution < 1.29 is 4.79 Å². The summed E-state index contributed by atoms with van der Waals surface area (Å²) in [6, 6.07) is 7.60. The number of thioether (sulfide) groups is 1. The van der Waals surface area contributed by atoms with Gasteiger partial charge in [-0.3, -0.25) is 4.79 Å². The number of halogens is 1. The Morgan fingerprint density at radius 2 is 2.21 bits per heavy atom. The van der Waals surface area contributed by atoms with Crippen LogP contribution in [0.4, 0.5) is 5.69 Å². The highest BCUT2D eigenvalue weighted by atomic mass is 79.9. The predicted molar refractivity (Wildman–Crippen MR) is 65.8 cm³/mol. The van der Waals surface area contributed by atoms with Crippen LogP contribution in [0.1, 0.15) is 6.42 Å². The number of rotatable bonds is 4. The van der Waals surface area contributed by atoms with E-state index in [-0.39, 0.29) is 5.91 Å². The van der Waals surface area contributed by atoms with Gasteiger partial charge in [0.2, 0.25) is 5.91 Å². The van der Waals surface area contributed by atoms with Gasteiger partial charge < -0.3 is 5.32 Å². The number of nitrogens with one attached hydrogen (secondary N) is 1. The van der Waals surface area contributed by atoms with E-state index in [1.165, 1.54) is 0 Å². The molecule has 0 aliphatic carbocycles. The molecule has 1 rings (SSSR count). The third kappa shape index (κ3) is 3.72. The maximum absolute atomic E-state index is 11.4. The summed E-state index contributed by atoms with van der Waals surface area (Å²) in [5.74, 6) is 0.919. The zero-order chi connectivity index (χ0) is 10.4. The van der Waals surface area contributed by atoms with Crippen molar-refractivity contribution in [2.24, 2.45) is 0 Å². The molecule has 0 fully saturated rings. The van der Waals surface area contributed by atoms with Crippen LogP contribution in [0.2, 0.25) is 0 Å². The summed E-state index contributed by atoms with van der Waals surface area (Å²) in [6.07, 6.45) is 2.55. The minimum absolute atomic E-state index is 0.0613. The number of hydrogen-bond acceptors (Lipinski definition) is 2. The van der Waals surface area contributed by atoms with Gasteiger partial charge in [0.15, 0.2) is 0 Å². The van der Waals surface area contributed by atoms with Crippen molar-refractivity contribution in [2.45, 2.75) is 6.42 Å². The Bertz CT molecular complexity index is 317. The first-order valence-corrected chi connectivity index (χ1v) is 6.46. The van der Waals surface area contributed by atoms with Crippen molar-refractivity contribution in [1.29, 1.82) is 0 Å². The lowest BCUT2D eigenvalue weighted by Crippen LogP contribution is -2.12. The number of hydrogen-bond donors (Lipinski definition) is 1. The molecule has 1 aromatic carbocycles. The second-order valence-corrected chi connectivity index (χ2v) is 4.61. The molecule has 2 nitrogen and oxygen atoms in total. The molecule has 0 aliphatic heterocycles. The van der Waals surface area contributed by atoms with E-state index in [0.29, 0.717) is 6.42 Å². The molecule has 4 heteroatoms. The Kier molecular flexibility index (Phi) is 5.04. The van der Waals surface area contributed by atoms with Crippen molar-refractivity contribution in [3.63, 3.8) is 0 Å². The number of benzene rings is 1. The molecule has 76 valence electrons. The summed E-state index contributed by atoms with van der Waals surface area (Å²) in [6.45, 7) is 0. The zero-order valence-corrected chi connectivity index (χ0v) is 10.3. The van der Waals surface area contributed by atoms with Crippen molar-refractivity contribution >= 4 is 39.3 Å². The molecule has 0 saturated carbocycles. The van der Waals surface area contributed by atoms with Gasteiger partial charge in [-0.15, -0.1) is 0 Å². The maximum atomic E-state index is 11.4. The highest BCUT2D eigenvalue weighted by Gasteiger charge is 2.03. The van der Waals surface area contributed by atoms with E-state index >= 15 is 0 Å². The fourth-order valence-electron chi connectivity index (χ4n) is 0.970.